The minimum Gasteiger partial charge on any atom is -0.346 e. The van der Waals surface area contributed by atoms with E-state index >= 15 is 0 Å². The van der Waals surface area contributed by atoms with Gasteiger partial charge in [0.2, 0.25) is 5.91 Å². The molecule has 27 heavy (non-hydrogen) atoms. The lowest BCUT2D eigenvalue weighted by Crippen LogP contribution is -2.31. The number of aromatic nitrogens is 5. The Morgan fingerprint density at radius 2 is 2.07 bits per heavy atom. The van der Waals surface area contributed by atoms with Crippen molar-refractivity contribution in [1.29, 1.82) is 0 Å². The van der Waals surface area contributed by atoms with Crippen molar-refractivity contribution in [2.45, 2.75) is 53.0 Å². The molecular weight excluding hydrogens is 340 g/mol. The summed E-state index contributed by atoms with van der Waals surface area (Å²) in [4.78, 5) is 24.8. The van der Waals surface area contributed by atoms with Crippen LogP contribution in [0.3, 0.4) is 0 Å². The number of carbonyl (C=O) groups excluding carboxylic acids is 1. The van der Waals surface area contributed by atoms with Gasteiger partial charge in [0.15, 0.2) is 0 Å². The SMILES string of the molecule is Cc1ccc2[nH]c(CCC(=O)N[C@H](CC(C)C)c3ncnn3C)nc2c1C. The topological polar surface area (TPSA) is 88.5 Å². The smallest absolute Gasteiger partial charge is 0.221 e. The molecular formula is C20H28N6O. The summed E-state index contributed by atoms with van der Waals surface area (Å²) in [6, 6.07) is 4.00. The highest BCUT2D eigenvalue weighted by molar-refractivity contribution is 5.80. The first-order valence-electron chi connectivity index (χ1n) is 9.43. The molecule has 2 heterocycles. The van der Waals surface area contributed by atoms with E-state index in [1.54, 1.807) is 4.68 Å². The van der Waals surface area contributed by atoms with E-state index in [0.717, 1.165) is 29.1 Å². The lowest BCUT2D eigenvalue weighted by atomic mass is 10.0. The number of carbonyl (C=O) groups is 1. The molecule has 0 saturated heterocycles. The largest absolute Gasteiger partial charge is 0.346 e. The average molecular weight is 368 g/mol. The van der Waals surface area contributed by atoms with Gasteiger partial charge in [-0.15, -0.1) is 0 Å². The second kappa shape index (κ2) is 7.90. The van der Waals surface area contributed by atoms with Gasteiger partial charge in [-0.3, -0.25) is 9.48 Å². The number of H-pyrrole nitrogens is 1. The zero-order valence-electron chi connectivity index (χ0n) is 16.7. The number of aromatic amines is 1. The third-order valence-electron chi connectivity index (χ3n) is 4.92. The van der Waals surface area contributed by atoms with Crippen LogP contribution >= 0.6 is 0 Å². The van der Waals surface area contributed by atoms with Crippen molar-refractivity contribution in [2.24, 2.45) is 13.0 Å². The molecule has 144 valence electrons. The van der Waals surface area contributed by atoms with Crippen LogP contribution in [-0.4, -0.2) is 30.6 Å². The van der Waals surface area contributed by atoms with Crippen LogP contribution in [0.5, 0.6) is 0 Å². The molecule has 0 bridgehead atoms. The third kappa shape index (κ3) is 4.35. The Morgan fingerprint density at radius 3 is 2.74 bits per heavy atom. The number of fused-ring (bicyclic) bond motifs is 1. The maximum Gasteiger partial charge on any atom is 0.221 e. The van der Waals surface area contributed by atoms with Crippen molar-refractivity contribution in [1.82, 2.24) is 30.0 Å². The molecule has 7 heteroatoms. The van der Waals surface area contributed by atoms with Gasteiger partial charge in [0.1, 0.15) is 18.0 Å². The Labute approximate surface area is 159 Å². The van der Waals surface area contributed by atoms with Gasteiger partial charge in [-0.05, 0) is 43.4 Å². The molecule has 0 aliphatic heterocycles. The van der Waals surface area contributed by atoms with Crippen molar-refractivity contribution >= 4 is 16.9 Å². The van der Waals surface area contributed by atoms with Crippen LogP contribution in [0, 0.1) is 19.8 Å². The summed E-state index contributed by atoms with van der Waals surface area (Å²) in [7, 11) is 1.85. The van der Waals surface area contributed by atoms with Crippen LogP contribution in [0.1, 0.15) is 55.5 Å². The predicted octanol–water partition coefficient (Wildman–Crippen LogP) is 3.14. The molecule has 0 saturated carbocycles. The van der Waals surface area contributed by atoms with Gasteiger partial charge in [-0.25, -0.2) is 9.97 Å². The number of aryl methyl sites for hydroxylation is 4. The number of hydrogen-bond donors (Lipinski definition) is 2. The highest BCUT2D eigenvalue weighted by Crippen LogP contribution is 2.21. The molecule has 1 aromatic carbocycles. The van der Waals surface area contributed by atoms with E-state index in [1.165, 1.54) is 17.5 Å². The maximum atomic E-state index is 12.5. The van der Waals surface area contributed by atoms with Crippen molar-refractivity contribution in [3.05, 3.63) is 41.2 Å². The van der Waals surface area contributed by atoms with Gasteiger partial charge >= 0.3 is 0 Å². The van der Waals surface area contributed by atoms with E-state index in [4.69, 9.17) is 0 Å². The summed E-state index contributed by atoms with van der Waals surface area (Å²) in [5.41, 5.74) is 4.41. The number of amides is 1. The van der Waals surface area contributed by atoms with E-state index < -0.39 is 0 Å². The van der Waals surface area contributed by atoms with Crippen LogP contribution in [0.15, 0.2) is 18.5 Å². The number of hydrogen-bond acceptors (Lipinski definition) is 4. The molecule has 3 rings (SSSR count). The van der Waals surface area contributed by atoms with E-state index in [0.29, 0.717) is 18.8 Å². The molecule has 2 N–H and O–H groups in total. The van der Waals surface area contributed by atoms with Gasteiger partial charge < -0.3 is 10.3 Å². The molecule has 0 unspecified atom stereocenters. The number of rotatable bonds is 7. The first-order chi connectivity index (χ1) is 12.8. The van der Waals surface area contributed by atoms with E-state index in [1.807, 2.05) is 13.1 Å². The Morgan fingerprint density at radius 1 is 1.30 bits per heavy atom. The average Bonchev–Trinajstić information content (AvgIpc) is 3.22. The monoisotopic (exact) mass is 368 g/mol. The third-order valence-corrected chi connectivity index (χ3v) is 4.92. The van der Waals surface area contributed by atoms with Crippen LogP contribution in [0.2, 0.25) is 0 Å². The normalized spacial score (nSPS) is 12.7. The molecule has 0 spiro atoms. The zero-order valence-corrected chi connectivity index (χ0v) is 16.7. The summed E-state index contributed by atoms with van der Waals surface area (Å²) in [5, 5.41) is 7.24. The molecule has 2 aromatic heterocycles. The second-order valence-electron chi connectivity index (χ2n) is 7.58. The van der Waals surface area contributed by atoms with Gasteiger partial charge in [0.25, 0.3) is 0 Å². The van der Waals surface area contributed by atoms with Crippen LogP contribution in [0.25, 0.3) is 11.0 Å². The summed E-state index contributed by atoms with van der Waals surface area (Å²) >= 11 is 0. The molecule has 1 amide bonds. The lowest BCUT2D eigenvalue weighted by molar-refractivity contribution is -0.122. The van der Waals surface area contributed by atoms with E-state index in [-0.39, 0.29) is 11.9 Å². The summed E-state index contributed by atoms with van der Waals surface area (Å²) in [6.45, 7) is 8.42. The summed E-state index contributed by atoms with van der Waals surface area (Å²) < 4.78 is 1.72. The zero-order chi connectivity index (χ0) is 19.6. The molecule has 1 atom stereocenters. The Kier molecular flexibility index (Phi) is 5.58. The van der Waals surface area contributed by atoms with Crippen molar-refractivity contribution in [3.63, 3.8) is 0 Å². The number of imidazole rings is 1. The number of nitrogens with one attached hydrogen (secondary N) is 2. The van der Waals surface area contributed by atoms with Crippen molar-refractivity contribution < 1.29 is 4.79 Å². The highest BCUT2D eigenvalue weighted by Gasteiger charge is 2.20. The molecule has 0 aliphatic rings. The van der Waals surface area contributed by atoms with Crippen molar-refractivity contribution in [3.8, 4) is 0 Å². The highest BCUT2D eigenvalue weighted by atomic mass is 16.1. The second-order valence-corrected chi connectivity index (χ2v) is 7.58. The van der Waals surface area contributed by atoms with Crippen molar-refractivity contribution in [2.75, 3.05) is 0 Å². The molecule has 3 aromatic rings. The number of nitrogens with zero attached hydrogens (tertiary/aromatic N) is 4. The first kappa shape index (κ1) is 19.1. The number of benzene rings is 1. The van der Waals surface area contributed by atoms with Crippen LogP contribution in [-0.2, 0) is 18.3 Å². The van der Waals surface area contributed by atoms with E-state index in [9.17, 15) is 4.79 Å². The van der Waals surface area contributed by atoms with Gasteiger partial charge in [0.05, 0.1) is 17.1 Å². The fraction of sp³-hybridized carbons (Fsp3) is 0.500. The quantitative estimate of drug-likeness (QED) is 0.670. The Bertz CT molecular complexity index is 939. The molecule has 0 aliphatic carbocycles. The Hall–Kier alpha value is -2.70. The Balaban J connectivity index is 1.66. The van der Waals surface area contributed by atoms with E-state index in [2.05, 4.69) is 59.1 Å². The minimum absolute atomic E-state index is 0.00277. The van der Waals surface area contributed by atoms with Gasteiger partial charge in [-0.1, -0.05) is 19.9 Å². The fourth-order valence-corrected chi connectivity index (χ4v) is 3.30. The predicted molar refractivity (Wildman–Crippen MR) is 105 cm³/mol. The molecule has 7 nitrogen and oxygen atoms in total. The maximum absolute atomic E-state index is 12.5. The minimum atomic E-state index is -0.134. The summed E-state index contributed by atoms with van der Waals surface area (Å²) in [5.74, 6) is 2.06. The van der Waals surface area contributed by atoms with Gasteiger partial charge in [-0.2, -0.15) is 5.10 Å². The standard InChI is InChI=1S/C20H28N6O/c1-12(2)10-16(20-21-11-22-26(20)5)24-18(27)9-8-17-23-15-7-6-13(3)14(4)19(15)25-17/h6-7,11-12,16H,8-10H2,1-5H3,(H,23,25)(H,24,27)/t16-/m1/s1. The van der Waals surface area contributed by atoms with Crippen LogP contribution in [0.4, 0.5) is 0 Å². The summed E-state index contributed by atoms with van der Waals surface area (Å²) in [6.07, 6.45) is 3.30. The van der Waals surface area contributed by atoms with Gasteiger partial charge in [0, 0.05) is 19.9 Å². The molecule has 0 fully saturated rings. The first-order valence-corrected chi connectivity index (χ1v) is 9.43. The fourth-order valence-electron chi connectivity index (χ4n) is 3.30. The molecule has 0 radical (unpaired) electrons. The lowest BCUT2D eigenvalue weighted by Gasteiger charge is -2.19. The van der Waals surface area contributed by atoms with Crippen LogP contribution < -0.4 is 5.32 Å².